The molecule has 0 heterocycles. The summed E-state index contributed by atoms with van der Waals surface area (Å²) in [5.74, 6) is -0.733. The van der Waals surface area contributed by atoms with Crippen LogP contribution in [0.15, 0.2) is 0 Å². The maximum Gasteiger partial charge on any atom is 0.317 e. The summed E-state index contributed by atoms with van der Waals surface area (Å²) >= 11 is 3.17. The normalized spacial score (nSPS) is 12.5. The van der Waals surface area contributed by atoms with Crippen LogP contribution in [-0.2, 0) is 4.79 Å². The summed E-state index contributed by atoms with van der Waals surface area (Å²) in [6, 6.07) is 0. The second-order valence-electron chi connectivity index (χ2n) is 5.48. The minimum Gasteiger partial charge on any atom is -0.480 e. The van der Waals surface area contributed by atoms with E-state index in [4.69, 9.17) is 5.11 Å². The number of rotatable bonds is 14. The predicted octanol–water partition coefficient (Wildman–Crippen LogP) is 5.93. The predicted molar refractivity (Wildman–Crippen MR) is 86.0 cm³/mol. The van der Waals surface area contributed by atoms with Gasteiger partial charge in [-0.05, 0) is 6.42 Å². The van der Waals surface area contributed by atoms with Crippen molar-refractivity contribution in [1.82, 2.24) is 0 Å². The lowest BCUT2D eigenvalue weighted by Crippen LogP contribution is -2.11. The summed E-state index contributed by atoms with van der Waals surface area (Å²) in [6.45, 7) is 2.26. The lowest BCUT2D eigenvalue weighted by atomic mass is 10.0. The van der Waals surface area contributed by atoms with Crippen molar-refractivity contribution in [2.24, 2.45) is 0 Å². The molecule has 0 saturated heterocycles. The van der Waals surface area contributed by atoms with Crippen molar-refractivity contribution in [2.75, 3.05) is 0 Å². The quantitative estimate of drug-likeness (QED) is 0.316. The van der Waals surface area contributed by atoms with Crippen LogP contribution in [-0.4, -0.2) is 15.9 Å². The lowest BCUT2D eigenvalue weighted by molar-refractivity contribution is -0.136. The third-order valence-electron chi connectivity index (χ3n) is 3.58. The highest BCUT2D eigenvalue weighted by Crippen LogP contribution is 2.15. The van der Waals surface area contributed by atoms with Gasteiger partial charge in [-0.15, -0.1) is 0 Å². The Morgan fingerprint density at radius 2 is 1.21 bits per heavy atom. The fraction of sp³-hybridized carbons (Fsp3) is 0.938. The van der Waals surface area contributed by atoms with E-state index < -0.39 is 5.97 Å². The van der Waals surface area contributed by atoms with Crippen LogP contribution in [0.1, 0.15) is 90.4 Å². The van der Waals surface area contributed by atoms with Crippen LogP contribution in [0.4, 0.5) is 0 Å². The van der Waals surface area contributed by atoms with Crippen LogP contribution in [0, 0.1) is 0 Å². The Labute approximate surface area is 127 Å². The van der Waals surface area contributed by atoms with E-state index in [1.54, 1.807) is 0 Å². The summed E-state index contributed by atoms with van der Waals surface area (Å²) in [7, 11) is 0. The summed E-state index contributed by atoms with van der Waals surface area (Å²) < 4.78 is 0. The molecule has 0 amide bonds. The van der Waals surface area contributed by atoms with E-state index >= 15 is 0 Å². The second kappa shape index (κ2) is 14.4. The van der Waals surface area contributed by atoms with E-state index in [0.29, 0.717) is 0 Å². The van der Waals surface area contributed by atoms with Crippen LogP contribution in [0.3, 0.4) is 0 Å². The van der Waals surface area contributed by atoms with Crippen molar-refractivity contribution in [3.05, 3.63) is 0 Å². The molecular formula is C16H31BrO2. The Morgan fingerprint density at radius 1 is 0.842 bits per heavy atom. The van der Waals surface area contributed by atoms with Crippen molar-refractivity contribution in [2.45, 2.75) is 95.2 Å². The van der Waals surface area contributed by atoms with E-state index in [2.05, 4.69) is 22.9 Å². The molecule has 0 unspecified atom stereocenters. The molecule has 0 aromatic heterocycles. The first kappa shape index (κ1) is 18.9. The third kappa shape index (κ3) is 14.2. The molecular weight excluding hydrogens is 304 g/mol. The third-order valence-corrected chi connectivity index (χ3v) is 4.43. The topological polar surface area (TPSA) is 37.3 Å². The highest BCUT2D eigenvalue weighted by atomic mass is 79.9. The first-order valence-electron chi connectivity index (χ1n) is 8.05. The van der Waals surface area contributed by atoms with Gasteiger partial charge < -0.3 is 5.11 Å². The van der Waals surface area contributed by atoms with Crippen molar-refractivity contribution in [3.63, 3.8) is 0 Å². The first-order chi connectivity index (χ1) is 9.18. The molecule has 1 atom stereocenters. The molecule has 0 spiro atoms. The zero-order chi connectivity index (χ0) is 14.3. The molecule has 0 aliphatic carbocycles. The molecule has 19 heavy (non-hydrogen) atoms. The maximum atomic E-state index is 10.6. The molecule has 0 radical (unpaired) electrons. The van der Waals surface area contributed by atoms with Gasteiger partial charge in [0.25, 0.3) is 0 Å². The Kier molecular flexibility index (Phi) is 14.3. The number of carbonyl (C=O) groups is 1. The van der Waals surface area contributed by atoms with Gasteiger partial charge in [0.1, 0.15) is 4.83 Å². The number of carboxylic acid groups (broad SMARTS) is 1. The minimum absolute atomic E-state index is 0.351. The van der Waals surface area contributed by atoms with Crippen molar-refractivity contribution < 1.29 is 9.90 Å². The van der Waals surface area contributed by atoms with E-state index in [1.807, 2.05) is 0 Å². The van der Waals surface area contributed by atoms with Crippen LogP contribution in [0.2, 0.25) is 0 Å². The Morgan fingerprint density at radius 3 is 1.58 bits per heavy atom. The van der Waals surface area contributed by atoms with Gasteiger partial charge in [-0.25, -0.2) is 0 Å². The zero-order valence-corrected chi connectivity index (χ0v) is 14.1. The molecule has 1 N–H and O–H groups in total. The van der Waals surface area contributed by atoms with E-state index in [1.165, 1.54) is 70.6 Å². The molecule has 0 aliphatic heterocycles. The monoisotopic (exact) mass is 334 g/mol. The van der Waals surface area contributed by atoms with Crippen LogP contribution in [0.5, 0.6) is 0 Å². The van der Waals surface area contributed by atoms with Gasteiger partial charge >= 0.3 is 5.97 Å². The molecule has 3 heteroatoms. The van der Waals surface area contributed by atoms with E-state index in [9.17, 15) is 4.79 Å². The molecule has 0 aromatic rings. The average Bonchev–Trinajstić information content (AvgIpc) is 2.39. The summed E-state index contributed by atoms with van der Waals surface area (Å²) in [6.07, 6.45) is 16.6. The second-order valence-corrected chi connectivity index (χ2v) is 6.59. The van der Waals surface area contributed by atoms with Gasteiger partial charge in [0.2, 0.25) is 0 Å². The number of unbranched alkanes of at least 4 members (excludes halogenated alkanes) is 11. The largest absolute Gasteiger partial charge is 0.480 e. The standard InChI is InChI=1S/C16H31BrO2/c1-2-3-4-5-6-7-8-9-10-11-12-13-14-15(17)16(18)19/h15H,2-14H2,1H3,(H,18,19)/t15-/m0/s1. The van der Waals surface area contributed by atoms with Gasteiger partial charge in [-0.2, -0.15) is 0 Å². The number of aliphatic carboxylic acids is 1. The number of hydrogen-bond donors (Lipinski definition) is 1. The number of alkyl halides is 1. The molecule has 0 aliphatic rings. The SMILES string of the molecule is CCCCCCCCCCCCCC[C@H](Br)C(=O)O. The van der Waals surface area contributed by atoms with Gasteiger partial charge in [-0.1, -0.05) is 99.9 Å². The van der Waals surface area contributed by atoms with E-state index in [0.717, 1.165) is 12.8 Å². The number of halogens is 1. The average molecular weight is 335 g/mol. The van der Waals surface area contributed by atoms with Crippen LogP contribution >= 0.6 is 15.9 Å². The van der Waals surface area contributed by atoms with Gasteiger partial charge in [0, 0.05) is 0 Å². The van der Waals surface area contributed by atoms with Gasteiger partial charge in [-0.3, -0.25) is 4.79 Å². The summed E-state index contributed by atoms with van der Waals surface area (Å²) in [5.41, 5.74) is 0. The minimum atomic E-state index is -0.733. The lowest BCUT2D eigenvalue weighted by Gasteiger charge is -2.04. The summed E-state index contributed by atoms with van der Waals surface area (Å²) in [4.78, 5) is 10.2. The fourth-order valence-electron chi connectivity index (χ4n) is 2.29. The Bertz CT molecular complexity index is 207. The Balaban J connectivity index is 3.05. The van der Waals surface area contributed by atoms with Crippen LogP contribution < -0.4 is 0 Å². The summed E-state index contributed by atoms with van der Waals surface area (Å²) in [5, 5.41) is 8.71. The molecule has 0 rings (SSSR count). The molecule has 114 valence electrons. The van der Waals surface area contributed by atoms with Crippen molar-refractivity contribution in [3.8, 4) is 0 Å². The zero-order valence-electron chi connectivity index (χ0n) is 12.5. The Hall–Kier alpha value is -0.0500. The fourth-order valence-corrected chi connectivity index (χ4v) is 2.61. The van der Waals surface area contributed by atoms with Crippen LogP contribution in [0.25, 0.3) is 0 Å². The van der Waals surface area contributed by atoms with Gasteiger partial charge in [0.15, 0.2) is 0 Å². The maximum absolute atomic E-state index is 10.6. The van der Waals surface area contributed by atoms with Crippen molar-refractivity contribution in [1.29, 1.82) is 0 Å². The number of carboxylic acids is 1. The van der Waals surface area contributed by atoms with E-state index in [-0.39, 0.29) is 4.83 Å². The molecule has 0 fully saturated rings. The molecule has 0 aromatic carbocycles. The first-order valence-corrected chi connectivity index (χ1v) is 8.97. The smallest absolute Gasteiger partial charge is 0.317 e. The molecule has 0 bridgehead atoms. The number of hydrogen-bond acceptors (Lipinski definition) is 1. The molecule has 2 nitrogen and oxygen atoms in total. The highest BCUT2D eigenvalue weighted by Gasteiger charge is 2.11. The highest BCUT2D eigenvalue weighted by molar-refractivity contribution is 9.10. The van der Waals surface area contributed by atoms with Gasteiger partial charge in [0.05, 0.1) is 0 Å². The molecule has 0 saturated carbocycles. The van der Waals surface area contributed by atoms with Crippen molar-refractivity contribution >= 4 is 21.9 Å².